The average molecular weight is 270 g/mol. The number of nitrogens with zero attached hydrogens (tertiary/aromatic N) is 1. The molecule has 1 amide bonds. The van der Waals surface area contributed by atoms with E-state index < -0.39 is 0 Å². The van der Waals surface area contributed by atoms with Crippen LogP contribution in [0, 0.1) is 6.92 Å². The molecule has 2 aromatic rings. The number of ketones is 1. The largest absolute Gasteiger partial charge is 0.348 e. The number of aromatic nitrogens is 1. The lowest BCUT2D eigenvalue weighted by atomic mass is 10.1. The topological polar surface area (TPSA) is 51.1 Å². The van der Waals surface area contributed by atoms with Crippen molar-refractivity contribution in [2.75, 3.05) is 6.54 Å². The van der Waals surface area contributed by atoms with Crippen LogP contribution in [0.2, 0.25) is 0 Å². The fraction of sp³-hybridized carbons (Fsp3) is 0.250. The van der Waals surface area contributed by atoms with Crippen molar-refractivity contribution in [2.24, 2.45) is 7.05 Å². The molecule has 0 aliphatic rings. The Bertz CT molecular complexity index is 696. The van der Waals surface area contributed by atoms with E-state index in [0.29, 0.717) is 12.1 Å². The van der Waals surface area contributed by atoms with E-state index in [-0.39, 0.29) is 11.7 Å². The molecule has 4 heteroatoms. The van der Waals surface area contributed by atoms with Gasteiger partial charge in [0, 0.05) is 30.2 Å². The molecule has 1 aromatic heterocycles. The van der Waals surface area contributed by atoms with Crippen molar-refractivity contribution in [3.05, 3.63) is 47.7 Å². The Morgan fingerprint density at radius 3 is 2.70 bits per heavy atom. The van der Waals surface area contributed by atoms with Gasteiger partial charge in [0.1, 0.15) is 0 Å². The highest BCUT2D eigenvalue weighted by Crippen LogP contribution is 2.24. The van der Waals surface area contributed by atoms with Gasteiger partial charge in [0.15, 0.2) is 5.78 Å². The third-order valence-corrected chi connectivity index (χ3v) is 3.36. The van der Waals surface area contributed by atoms with Crippen LogP contribution in [0.5, 0.6) is 0 Å². The number of fused-ring (bicyclic) bond motifs is 1. The van der Waals surface area contributed by atoms with Gasteiger partial charge in [-0.3, -0.25) is 9.59 Å². The molecule has 0 unspecified atom stereocenters. The fourth-order valence-corrected chi connectivity index (χ4v) is 2.27. The lowest BCUT2D eigenvalue weighted by Crippen LogP contribution is -2.24. The predicted octanol–water partition coefficient (Wildman–Crippen LogP) is 2.36. The summed E-state index contributed by atoms with van der Waals surface area (Å²) in [5.74, 6) is -0.145. The molecule has 2 rings (SSSR count). The molecule has 0 saturated heterocycles. The molecule has 0 spiro atoms. The maximum atomic E-state index is 12.3. The number of benzene rings is 1. The molecule has 0 saturated carbocycles. The van der Waals surface area contributed by atoms with Crippen LogP contribution in [0.25, 0.3) is 10.9 Å². The number of carbonyl (C=O) groups is 2. The number of hydrogen-bond acceptors (Lipinski definition) is 2. The smallest absolute Gasteiger partial charge is 0.253 e. The number of para-hydroxylation sites is 1. The zero-order valence-electron chi connectivity index (χ0n) is 11.9. The van der Waals surface area contributed by atoms with Gasteiger partial charge in [-0.15, -0.1) is 0 Å². The van der Waals surface area contributed by atoms with Crippen LogP contribution in [0.3, 0.4) is 0 Å². The highest BCUT2D eigenvalue weighted by molar-refractivity contribution is 6.08. The quantitative estimate of drug-likeness (QED) is 0.867. The number of nitrogens with one attached hydrogen (secondary N) is 1. The van der Waals surface area contributed by atoms with Gasteiger partial charge in [-0.1, -0.05) is 24.3 Å². The van der Waals surface area contributed by atoms with E-state index in [9.17, 15) is 9.59 Å². The number of amides is 1. The first-order valence-electron chi connectivity index (χ1n) is 6.51. The summed E-state index contributed by atoms with van der Waals surface area (Å²) >= 11 is 0. The minimum atomic E-state index is -0.118. The summed E-state index contributed by atoms with van der Waals surface area (Å²) in [5, 5.41) is 3.75. The molecule has 0 aliphatic heterocycles. The van der Waals surface area contributed by atoms with Gasteiger partial charge in [-0.25, -0.2) is 0 Å². The molecule has 0 fully saturated rings. The van der Waals surface area contributed by atoms with Gasteiger partial charge < -0.3 is 9.88 Å². The van der Waals surface area contributed by atoms with Gasteiger partial charge in [0.25, 0.3) is 5.91 Å². The third-order valence-electron chi connectivity index (χ3n) is 3.36. The summed E-state index contributed by atoms with van der Waals surface area (Å²) in [6, 6.07) is 7.82. The molecule has 104 valence electrons. The molecule has 1 N–H and O–H groups in total. The Morgan fingerprint density at radius 2 is 2.00 bits per heavy atom. The molecular weight excluding hydrogens is 252 g/mol. The van der Waals surface area contributed by atoms with Gasteiger partial charge >= 0.3 is 0 Å². The standard InChI is InChI=1S/C16H18N2O2/c1-11(19)7-6-10-17-16(20)15-12(2)18(3)14-9-5-4-8-13(14)15/h4-9H,10H2,1-3H3,(H,17,20)/b7-6+. The summed E-state index contributed by atoms with van der Waals surface area (Å²) in [4.78, 5) is 23.1. The third kappa shape index (κ3) is 2.64. The number of rotatable bonds is 4. The average Bonchev–Trinajstić information content (AvgIpc) is 2.67. The first-order chi connectivity index (χ1) is 9.52. The number of carbonyl (C=O) groups excluding carboxylic acids is 2. The second-order valence-electron chi connectivity index (χ2n) is 4.76. The highest BCUT2D eigenvalue weighted by atomic mass is 16.1. The summed E-state index contributed by atoms with van der Waals surface area (Å²) < 4.78 is 2.01. The molecule has 0 bridgehead atoms. The summed E-state index contributed by atoms with van der Waals surface area (Å²) in [6.07, 6.45) is 3.11. The van der Waals surface area contributed by atoms with E-state index in [1.165, 1.54) is 13.0 Å². The van der Waals surface area contributed by atoms with Crippen LogP contribution in [0.15, 0.2) is 36.4 Å². The van der Waals surface area contributed by atoms with Crippen molar-refractivity contribution in [3.8, 4) is 0 Å². The molecule has 20 heavy (non-hydrogen) atoms. The van der Waals surface area contributed by atoms with Crippen LogP contribution >= 0.6 is 0 Å². The van der Waals surface area contributed by atoms with Gasteiger partial charge in [-0.05, 0) is 26.0 Å². The van der Waals surface area contributed by atoms with Gasteiger partial charge in [0.2, 0.25) is 0 Å². The van der Waals surface area contributed by atoms with E-state index in [1.54, 1.807) is 6.08 Å². The Balaban J connectivity index is 2.26. The Morgan fingerprint density at radius 1 is 1.30 bits per heavy atom. The molecule has 4 nitrogen and oxygen atoms in total. The first kappa shape index (κ1) is 14.1. The van der Waals surface area contributed by atoms with Gasteiger partial charge in [0.05, 0.1) is 5.56 Å². The maximum absolute atomic E-state index is 12.3. The first-order valence-corrected chi connectivity index (χ1v) is 6.51. The zero-order chi connectivity index (χ0) is 14.7. The van der Waals surface area contributed by atoms with Crippen molar-refractivity contribution in [3.63, 3.8) is 0 Å². The minimum Gasteiger partial charge on any atom is -0.348 e. The molecule has 0 atom stereocenters. The summed E-state index contributed by atoms with van der Waals surface area (Å²) in [7, 11) is 1.95. The van der Waals surface area contributed by atoms with E-state index in [0.717, 1.165) is 16.6 Å². The SMILES string of the molecule is CC(=O)/C=C/CNC(=O)c1c(C)n(C)c2ccccc12. The fourth-order valence-electron chi connectivity index (χ4n) is 2.27. The van der Waals surface area contributed by atoms with Crippen LogP contribution in [0.1, 0.15) is 23.0 Å². The number of hydrogen-bond donors (Lipinski definition) is 1. The number of allylic oxidation sites excluding steroid dienone is 1. The monoisotopic (exact) mass is 270 g/mol. The molecule has 0 radical (unpaired) electrons. The van der Waals surface area contributed by atoms with E-state index in [4.69, 9.17) is 0 Å². The van der Waals surface area contributed by atoms with E-state index in [1.807, 2.05) is 42.8 Å². The van der Waals surface area contributed by atoms with E-state index in [2.05, 4.69) is 5.32 Å². The van der Waals surface area contributed by atoms with Crippen LogP contribution < -0.4 is 5.32 Å². The van der Waals surface area contributed by atoms with Crippen molar-refractivity contribution >= 4 is 22.6 Å². The Kier molecular flexibility index (Phi) is 4.03. The second-order valence-corrected chi connectivity index (χ2v) is 4.76. The van der Waals surface area contributed by atoms with Crippen LogP contribution in [-0.2, 0) is 11.8 Å². The van der Waals surface area contributed by atoms with Crippen molar-refractivity contribution in [1.82, 2.24) is 9.88 Å². The normalized spacial score (nSPS) is 11.2. The zero-order valence-corrected chi connectivity index (χ0v) is 11.9. The lowest BCUT2D eigenvalue weighted by Gasteiger charge is -2.03. The lowest BCUT2D eigenvalue weighted by molar-refractivity contribution is -0.112. The van der Waals surface area contributed by atoms with E-state index >= 15 is 0 Å². The van der Waals surface area contributed by atoms with Crippen LogP contribution in [-0.4, -0.2) is 22.8 Å². The summed E-state index contributed by atoms with van der Waals surface area (Å²) in [5.41, 5.74) is 2.66. The molecule has 0 aliphatic carbocycles. The molecule has 1 heterocycles. The Hall–Kier alpha value is -2.36. The molecular formula is C16H18N2O2. The van der Waals surface area contributed by atoms with Crippen molar-refractivity contribution < 1.29 is 9.59 Å². The van der Waals surface area contributed by atoms with Crippen molar-refractivity contribution in [2.45, 2.75) is 13.8 Å². The minimum absolute atomic E-state index is 0.0272. The summed E-state index contributed by atoms with van der Waals surface area (Å²) in [6.45, 7) is 3.76. The predicted molar refractivity (Wildman–Crippen MR) is 79.8 cm³/mol. The maximum Gasteiger partial charge on any atom is 0.253 e. The Labute approximate surface area is 118 Å². The van der Waals surface area contributed by atoms with Crippen LogP contribution in [0.4, 0.5) is 0 Å². The molecule has 1 aromatic carbocycles. The number of aryl methyl sites for hydroxylation is 1. The highest BCUT2D eigenvalue weighted by Gasteiger charge is 2.17. The van der Waals surface area contributed by atoms with Crippen molar-refractivity contribution in [1.29, 1.82) is 0 Å². The van der Waals surface area contributed by atoms with Gasteiger partial charge in [-0.2, -0.15) is 0 Å². The second kappa shape index (κ2) is 5.74.